The monoisotopic (exact) mass is 256 g/mol. The molecular weight excluding hydrogens is 244 g/mol. The number of carbonyl (C=O) groups excluding carboxylic acids is 1. The van der Waals surface area contributed by atoms with Crippen LogP contribution >= 0.6 is 0 Å². The zero-order valence-electron chi connectivity index (χ0n) is 10.3. The van der Waals surface area contributed by atoms with Crippen LogP contribution in [0, 0.1) is 11.3 Å². The summed E-state index contributed by atoms with van der Waals surface area (Å²) in [5, 5.41) is 13.1. The third kappa shape index (κ3) is 2.26. The van der Waals surface area contributed by atoms with E-state index in [0.29, 0.717) is 5.69 Å². The molecule has 0 saturated carbocycles. The van der Waals surface area contributed by atoms with E-state index in [0.717, 1.165) is 0 Å². The topological polar surface area (TPSA) is 93.9 Å². The van der Waals surface area contributed by atoms with Crippen molar-refractivity contribution in [2.24, 2.45) is 0 Å². The summed E-state index contributed by atoms with van der Waals surface area (Å²) < 4.78 is 6.21. The van der Waals surface area contributed by atoms with Crippen LogP contribution in [-0.2, 0) is 4.74 Å². The number of hydrogen-bond donors (Lipinski definition) is 1. The molecule has 0 spiro atoms. The molecule has 6 heteroatoms. The molecule has 19 heavy (non-hydrogen) atoms. The predicted molar refractivity (Wildman–Crippen MR) is 68.6 cm³/mol. The third-order valence-corrected chi connectivity index (χ3v) is 2.50. The maximum absolute atomic E-state index is 11.7. The molecule has 0 atom stereocenters. The van der Waals surface area contributed by atoms with Gasteiger partial charge in [0.15, 0.2) is 5.69 Å². The Morgan fingerprint density at radius 3 is 2.74 bits per heavy atom. The van der Waals surface area contributed by atoms with Gasteiger partial charge in [-0.05, 0) is 19.1 Å². The van der Waals surface area contributed by atoms with Gasteiger partial charge >= 0.3 is 5.97 Å². The van der Waals surface area contributed by atoms with E-state index in [1.165, 1.54) is 4.68 Å². The molecule has 0 amide bonds. The van der Waals surface area contributed by atoms with Crippen molar-refractivity contribution in [1.29, 1.82) is 5.26 Å². The summed E-state index contributed by atoms with van der Waals surface area (Å²) >= 11 is 0. The van der Waals surface area contributed by atoms with Crippen LogP contribution in [0.15, 0.2) is 30.3 Å². The van der Waals surface area contributed by atoms with Crippen LogP contribution in [-0.4, -0.2) is 22.4 Å². The number of nitrogen functional groups attached to an aromatic ring is 1. The highest BCUT2D eigenvalue weighted by Gasteiger charge is 2.23. The molecule has 2 aromatic rings. The quantitative estimate of drug-likeness (QED) is 0.840. The number of nitrogens with zero attached hydrogens (tertiary/aromatic N) is 3. The summed E-state index contributed by atoms with van der Waals surface area (Å²) in [6, 6.07) is 10.9. The van der Waals surface area contributed by atoms with Gasteiger partial charge in [-0.2, -0.15) is 10.4 Å². The molecule has 0 radical (unpaired) electrons. The Morgan fingerprint density at radius 1 is 1.47 bits per heavy atom. The van der Waals surface area contributed by atoms with Crippen LogP contribution < -0.4 is 5.73 Å². The second-order valence-electron chi connectivity index (χ2n) is 3.69. The van der Waals surface area contributed by atoms with E-state index < -0.39 is 5.97 Å². The van der Waals surface area contributed by atoms with E-state index in [9.17, 15) is 4.79 Å². The minimum atomic E-state index is -0.652. The van der Waals surface area contributed by atoms with Crippen molar-refractivity contribution in [3.05, 3.63) is 41.6 Å². The molecular formula is C13H12N4O2. The van der Waals surface area contributed by atoms with E-state index in [1.807, 2.05) is 24.3 Å². The number of carbonyl (C=O) groups is 1. The van der Waals surface area contributed by atoms with Crippen LogP contribution in [0.25, 0.3) is 5.69 Å². The van der Waals surface area contributed by atoms with Crippen LogP contribution in [0.3, 0.4) is 0 Å². The van der Waals surface area contributed by atoms with E-state index in [-0.39, 0.29) is 23.7 Å². The minimum Gasteiger partial charge on any atom is -0.461 e. The van der Waals surface area contributed by atoms with Crippen molar-refractivity contribution < 1.29 is 9.53 Å². The first-order valence-electron chi connectivity index (χ1n) is 5.70. The molecule has 6 nitrogen and oxygen atoms in total. The average molecular weight is 256 g/mol. The Labute approximate surface area is 110 Å². The summed E-state index contributed by atoms with van der Waals surface area (Å²) in [4.78, 5) is 11.7. The average Bonchev–Trinajstić information content (AvgIpc) is 2.77. The lowest BCUT2D eigenvalue weighted by molar-refractivity contribution is 0.0518. The van der Waals surface area contributed by atoms with Gasteiger partial charge in [-0.25, -0.2) is 9.48 Å². The number of para-hydroxylation sites is 1. The summed E-state index contributed by atoms with van der Waals surface area (Å²) in [5.74, 6) is -0.530. The summed E-state index contributed by atoms with van der Waals surface area (Å²) in [7, 11) is 0. The van der Waals surface area contributed by atoms with Crippen LogP contribution in [0.5, 0.6) is 0 Å². The van der Waals surface area contributed by atoms with E-state index in [4.69, 9.17) is 15.7 Å². The number of benzene rings is 1. The zero-order valence-corrected chi connectivity index (χ0v) is 10.3. The van der Waals surface area contributed by atoms with Crippen LogP contribution in [0.4, 0.5) is 5.82 Å². The molecule has 2 N–H and O–H groups in total. The molecule has 2 rings (SSSR count). The first kappa shape index (κ1) is 12.6. The second kappa shape index (κ2) is 5.23. The van der Waals surface area contributed by atoms with Gasteiger partial charge in [0.05, 0.1) is 12.3 Å². The Bertz CT molecular complexity index is 641. The van der Waals surface area contributed by atoms with E-state index in [1.54, 1.807) is 19.1 Å². The Kier molecular flexibility index (Phi) is 3.48. The zero-order chi connectivity index (χ0) is 13.8. The highest BCUT2D eigenvalue weighted by Crippen LogP contribution is 2.20. The number of nitrogens with two attached hydrogens (primary N) is 1. The standard InChI is InChI=1S/C13H12N4O2/c1-2-19-13(18)11-10(8-14)12(15)17(16-11)9-6-4-3-5-7-9/h3-7H,2,15H2,1H3. The molecule has 0 aliphatic rings. The fraction of sp³-hybridized carbons (Fsp3) is 0.154. The second-order valence-corrected chi connectivity index (χ2v) is 3.69. The Balaban J connectivity index is 2.55. The molecule has 1 aromatic carbocycles. The largest absolute Gasteiger partial charge is 0.461 e. The predicted octanol–water partition coefficient (Wildman–Crippen LogP) is 1.50. The van der Waals surface area contributed by atoms with Crippen LogP contribution in [0.2, 0.25) is 0 Å². The number of hydrogen-bond acceptors (Lipinski definition) is 5. The lowest BCUT2D eigenvalue weighted by Gasteiger charge is -2.02. The number of esters is 1. The van der Waals surface area contributed by atoms with Gasteiger partial charge in [0.25, 0.3) is 0 Å². The van der Waals surface area contributed by atoms with Crippen molar-refractivity contribution in [3.8, 4) is 11.8 Å². The maximum atomic E-state index is 11.7. The van der Waals surface area contributed by atoms with E-state index in [2.05, 4.69) is 5.10 Å². The van der Waals surface area contributed by atoms with Crippen molar-refractivity contribution in [3.63, 3.8) is 0 Å². The molecule has 96 valence electrons. The SMILES string of the molecule is CCOC(=O)c1nn(-c2ccccc2)c(N)c1C#N. The van der Waals surface area contributed by atoms with Crippen molar-refractivity contribution in [2.45, 2.75) is 6.92 Å². The molecule has 1 heterocycles. The highest BCUT2D eigenvalue weighted by molar-refractivity contribution is 5.92. The molecule has 0 fully saturated rings. The smallest absolute Gasteiger partial charge is 0.360 e. The number of aromatic nitrogens is 2. The van der Waals surface area contributed by atoms with Gasteiger partial charge < -0.3 is 10.5 Å². The fourth-order valence-electron chi connectivity index (χ4n) is 1.65. The molecule has 0 unspecified atom stereocenters. The number of rotatable bonds is 3. The number of nitriles is 1. The molecule has 1 aromatic heterocycles. The first-order chi connectivity index (χ1) is 9.19. The molecule has 0 bridgehead atoms. The van der Waals surface area contributed by atoms with Crippen molar-refractivity contribution >= 4 is 11.8 Å². The number of anilines is 1. The third-order valence-electron chi connectivity index (χ3n) is 2.50. The lowest BCUT2D eigenvalue weighted by atomic mass is 10.2. The van der Waals surface area contributed by atoms with Gasteiger partial charge in [0.1, 0.15) is 17.5 Å². The molecule has 0 aliphatic heterocycles. The fourth-order valence-corrected chi connectivity index (χ4v) is 1.65. The summed E-state index contributed by atoms with van der Waals surface area (Å²) in [6.07, 6.45) is 0. The highest BCUT2D eigenvalue weighted by atomic mass is 16.5. The Hall–Kier alpha value is -2.81. The summed E-state index contributed by atoms with van der Waals surface area (Å²) in [5.41, 5.74) is 6.49. The molecule has 0 aliphatic carbocycles. The normalized spacial score (nSPS) is 9.89. The van der Waals surface area contributed by atoms with Gasteiger partial charge in [0, 0.05) is 0 Å². The van der Waals surface area contributed by atoms with E-state index >= 15 is 0 Å². The Morgan fingerprint density at radius 2 is 2.16 bits per heavy atom. The lowest BCUT2D eigenvalue weighted by Crippen LogP contribution is -2.08. The van der Waals surface area contributed by atoms with Gasteiger partial charge in [-0.1, -0.05) is 18.2 Å². The van der Waals surface area contributed by atoms with Crippen LogP contribution in [0.1, 0.15) is 23.0 Å². The van der Waals surface area contributed by atoms with Crippen molar-refractivity contribution in [2.75, 3.05) is 12.3 Å². The molecule has 0 saturated heterocycles. The maximum Gasteiger partial charge on any atom is 0.360 e. The van der Waals surface area contributed by atoms with Gasteiger partial charge in [0.2, 0.25) is 0 Å². The summed E-state index contributed by atoms with van der Waals surface area (Å²) in [6.45, 7) is 1.89. The first-order valence-corrected chi connectivity index (χ1v) is 5.70. The minimum absolute atomic E-state index is 0.0299. The van der Waals surface area contributed by atoms with Gasteiger partial charge in [-0.15, -0.1) is 0 Å². The van der Waals surface area contributed by atoms with Crippen molar-refractivity contribution in [1.82, 2.24) is 9.78 Å². The van der Waals surface area contributed by atoms with Gasteiger partial charge in [-0.3, -0.25) is 0 Å². The number of ether oxygens (including phenoxy) is 1.